The molecule has 5 heteroatoms. The molecule has 0 fully saturated rings. The number of aromatic nitrogens is 3. The molecule has 68 valence electrons. The Labute approximate surface area is 79.2 Å². The van der Waals surface area contributed by atoms with Crippen LogP contribution in [0.15, 0.2) is 17.1 Å². The zero-order chi connectivity index (χ0) is 9.42. The zero-order valence-corrected chi connectivity index (χ0v) is 7.80. The molecule has 0 amide bonds. The third-order valence-electron chi connectivity index (χ3n) is 1.93. The molecule has 0 saturated heterocycles. The fraction of sp³-hybridized carbons (Fsp3) is 0.250. The van der Waals surface area contributed by atoms with Crippen LogP contribution in [0.2, 0.25) is 5.02 Å². The summed E-state index contributed by atoms with van der Waals surface area (Å²) in [7, 11) is 0. The van der Waals surface area contributed by atoms with Crippen LogP contribution >= 0.6 is 11.6 Å². The van der Waals surface area contributed by atoms with Gasteiger partial charge in [0.15, 0.2) is 10.7 Å². The number of aryl methyl sites for hydroxylation is 1. The molecule has 0 atom stereocenters. The van der Waals surface area contributed by atoms with Crippen LogP contribution in [0.5, 0.6) is 0 Å². The summed E-state index contributed by atoms with van der Waals surface area (Å²) >= 11 is 5.74. The van der Waals surface area contributed by atoms with Crippen LogP contribution in [-0.2, 0) is 6.42 Å². The minimum absolute atomic E-state index is 0.148. The van der Waals surface area contributed by atoms with Gasteiger partial charge in [-0.2, -0.15) is 0 Å². The number of halogens is 1. The molecular formula is C8H8ClN3O. The molecule has 0 radical (unpaired) electrons. The number of rotatable bonds is 1. The summed E-state index contributed by atoms with van der Waals surface area (Å²) in [6, 6.07) is 1.85. The van der Waals surface area contributed by atoms with Crippen molar-refractivity contribution < 1.29 is 0 Å². The Balaban J connectivity index is 2.92. The number of hydrogen-bond donors (Lipinski definition) is 1. The number of aromatic amines is 1. The average Bonchev–Trinajstić information content (AvgIpc) is 2.43. The molecule has 1 N–H and O–H groups in total. The molecule has 0 aliphatic rings. The first-order chi connectivity index (χ1) is 6.24. The van der Waals surface area contributed by atoms with Gasteiger partial charge in [0.1, 0.15) is 0 Å². The van der Waals surface area contributed by atoms with Gasteiger partial charge in [0, 0.05) is 11.9 Å². The Morgan fingerprint density at radius 1 is 1.69 bits per heavy atom. The number of H-pyrrole nitrogens is 1. The Morgan fingerprint density at radius 2 is 2.46 bits per heavy atom. The van der Waals surface area contributed by atoms with Crippen molar-refractivity contribution in [3.05, 3.63) is 33.3 Å². The van der Waals surface area contributed by atoms with Crippen LogP contribution in [0, 0.1) is 0 Å². The van der Waals surface area contributed by atoms with E-state index < -0.39 is 0 Å². The molecule has 0 unspecified atom stereocenters. The highest BCUT2D eigenvalue weighted by Crippen LogP contribution is 2.10. The van der Waals surface area contributed by atoms with Gasteiger partial charge in [0.05, 0.1) is 0 Å². The van der Waals surface area contributed by atoms with Crippen molar-refractivity contribution in [2.24, 2.45) is 0 Å². The van der Waals surface area contributed by atoms with Gasteiger partial charge in [-0.25, -0.2) is 9.50 Å². The molecule has 13 heavy (non-hydrogen) atoms. The van der Waals surface area contributed by atoms with E-state index in [1.165, 1.54) is 0 Å². The topological polar surface area (TPSA) is 50.2 Å². The molecule has 4 nitrogen and oxygen atoms in total. The molecule has 2 aromatic rings. The first-order valence-corrected chi connectivity index (χ1v) is 4.36. The first kappa shape index (κ1) is 8.31. The van der Waals surface area contributed by atoms with Crippen molar-refractivity contribution in [1.29, 1.82) is 0 Å². The molecule has 0 saturated carbocycles. The summed E-state index contributed by atoms with van der Waals surface area (Å²) in [5, 5.41) is 2.76. The number of nitrogens with zero attached hydrogens (tertiary/aromatic N) is 2. The lowest BCUT2D eigenvalue weighted by atomic mass is 10.3. The van der Waals surface area contributed by atoms with Gasteiger partial charge in [-0.15, -0.1) is 0 Å². The van der Waals surface area contributed by atoms with Crippen LogP contribution in [0.4, 0.5) is 0 Å². The largest absolute Gasteiger partial charge is 0.285 e. The molecule has 0 aliphatic carbocycles. The van der Waals surface area contributed by atoms with Crippen LogP contribution in [0.3, 0.4) is 0 Å². The van der Waals surface area contributed by atoms with E-state index in [1.54, 1.807) is 10.7 Å². The maximum atomic E-state index is 11.2. The Hall–Kier alpha value is -1.29. The van der Waals surface area contributed by atoms with E-state index in [1.807, 2.05) is 13.0 Å². The van der Waals surface area contributed by atoms with Gasteiger partial charge in [-0.3, -0.25) is 9.89 Å². The van der Waals surface area contributed by atoms with Gasteiger partial charge in [-0.1, -0.05) is 18.5 Å². The molecule has 0 spiro atoms. The van der Waals surface area contributed by atoms with Crippen molar-refractivity contribution in [3.8, 4) is 0 Å². The zero-order valence-electron chi connectivity index (χ0n) is 7.04. The summed E-state index contributed by atoms with van der Waals surface area (Å²) in [4.78, 5) is 15.2. The van der Waals surface area contributed by atoms with Gasteiger partial charge >= 0.3 is 0 Å². The van der Waals surface area contributed by atoms with Crippen molar-refractivity contribution in [1.82, 2.24) is 14.6 Å². The highest BCUT2D eigenvalue weighted by atomic mass is 35.5. The predicted octanol–water partition coefficient (Wildman–Crippen LogP) is 1.24. The van der Waals surface area contributed by atoms with Crippen molar-refractivity contribution >= 4 is 17.2 Å². The number of fused-ring (bicyclic) bond motifs is 1. The summed E-state index contributed by atoms with van der Waals surface area (Å²) in [5.41, 5.74) is 1.18. The first-order valence-electron chi connectivity index (χ1n) is 3.98. The minimum atomic E-state index is -0.296. The fourth-order valence-electron chi connectivity index (χ4n) is 1.27. The molecule has 0 aliphatic heterocycles. The van der Waals surface area contributed by atoms with Crippen LogP contribution in [0.1, 0.15) is 12.6 Å². The summed E-state index contributed by atoms with van der Waals surface area (Å²) in [6.45, 7) is 2.00. The van der Waals surface area contributed by atoms with Crippen molar-refractivity contribution in [2.75, 3.05) is 0 Å². The van der Waals surface area contributed by atoms with E-state index in [-0.39, 0.29) is 10.6 Å². The highest BCUT2D eigenvalue weighted by molar-refractivity contribution is 6.33. The maximum absolute atomic E-state index is 11.2. The van der Waals surface area contributed by atoms with E-state index in [4.69, 9.17) is 11.6 Å². The fourth-order valence-corrected chi connectivity index (χ4v) is 1.45. The molecule has 2 rings (SSSR count). The third-order valence-corrected chi connectivity index (χ3v) is 2.27. The minimum Gasteiger partial charge on any atom is -0.266 e. The lowest BCUT2D eigenvalue weighted by Crippen LogP contribution is -2.03. The van der Waals surface area contributed by atoms with Gasteiger partial charge < -0.3 is 0 Å². The van der Waals surface area contributed by atoms with Gasteiger partial charge in [0.2, 0.25) is 0 Å². The lowest BCUT2D eigenvalue weighted by Gasteiger charge is -1.99. The normalized spacial score (nSPS) is 10.9. The number of nitrogens with one attached hydrogen (secondary N) is 1. The molecule has 2 aromatic heterocycles. The molecule has 2 heterocycles. The van der Waals surface area contributed by atoms with Crippen LogP contribution < -0.4 is 5.56 Å². The van der Waals surface area contributed by atoms with E-state index in [2.05, 4.69) is 10.1 Å². The van der Waals surface area contributed by atoms with Crippen LogP contribution in [0.25, 0.3) is 5.65 Å². The quantitative estimate of drug-likeness (QED) is 0.748. The van der Waals surface area contributed by atoms with Gasteiger partial charge in [0.25, 0.3) is 5.56 Å². The standard InChI is InChI=1S/C8H8ClN3O/c1-2-5-3-4-10-7-6(9)8(13)11-12(5)7/h3-4H,2H2,1H3,(H,11,13). The summed E-state index contributed by atoms with van der Waals surface area (Å²) < 4.78 is 1.62. The second kappa shape index (κ2) is 2.88. The van der Waals surface area contributed by atoms with E-state index in [9.17, 15) is 4.79 Å². The molecular weight excluding hydrogens is 190 g/mol. The predicted molar refractivity (Wildman–Crippen MR) is 50.2 cm³/mol. The second-order valence-electron chi connectivity index (χ2n) is 2.70. The monoisotopic (exact) mass is 197 g/mol. The Kier molecular flexibility index (Phi) is 1.84. The summed E-state index contributed by atoms with van der Waals surface area (Å²) in [6.07, 6.45) is 2.47. The third kappa shape index (κ3) is 1.14. The highest BCUT2D eigenvalue weighted by Gasteiger charge is 2.08. The Bertz CT molecular complexity index is 500. The lowest BCUT2D eigenvalue weighted by molar-refractivity contribution is 0.838. The van der Waals surface area contributed by atoms with Crippen molar-refractivity contribution in [2.45, 2.75) is 13.3 Å². The molecule has 0 aromatic carbocycles. The maximum Gasteiger partial charge on any atom is 0.285 e. The van der Waals surface area contributed by atoms with E-state index in [0.29, 0.717) is 5.65 Å². The second-order valence-corrected chi connectivity index (χ2v) is 3.08. The van der Waals surface area contributed by atoms with Crippen molar-refractivity contribution in [3.63, 3.8) is 0 Å². The van der Waals surface area contributed by atoms with E-state index >= 15 is 0 Å². The van der Waals surface area contributed by atoms with Crippen LogP contribution in [-0.4, -0.2) is 14.6 Å². The smallest absolute Gasteiger partial charge is 0.266 e. The van der Waals surface area contributed by atoms with Gasteiger partial charge in [-0.05, 0) is 12.5 Å². The SMILES string of the molecule is CCc1ccnc2c(Cl)c(=O)[nH]n12. The number of hydrogen-bond acceptors (Lipinski definition) is 2. The Morgan fingerprint density at radius 3 is 3.15 bits per heavy atom. The van der Waals surface area contributed by atoms with E-state index in [0.717, 1.165) is 12.1 Å². The average molecular weight is 198 g/mol. The summed E-state index contributed by atoms with van der Waals surface area (Å²) in [5.74, 6) is 0. The molecule has 0 bridgehead atoms.